The summed E-state index contributed by atoms with van der Waals surface area (Å²) in [5.74, 6) is -0.384. The van der Waals surface area contributed by atoms with E-state index in [2.05, 4.69) is 4.98 Å². The fraction of sp³-hybridized carbons (Fsp3) is 0.438. The molecule has 1 N–H and O–H groups in total. The van der Waals surface area contributed by atoms with Crippen LogP contribution in [0.15, 0.2) is 24.3 Å². The minimum absolute atomic E-state index is 0.0713. The smallest absolute Gasteiger partial charge is 0.229 e. The minimum atomic E-state index is -0.750. The quantitative estimate of drug-likeness (QED) is 0.805. The number of carbonyl (C=O) groups is 2. The molecule has 1 aromatic heterocycles. The SMILES string of the molecule is CN(Cc1nc2ccccc2s1)C[C@@H](O)CN1C(=O)CCC1=O. The molecule has 1 fully saturated rings. The maximum atomic E-state index is 11.6. The molecular formula is C16H19N3O3S. The number of aliphatic hydroxyl groups is 1. The number of hydrogen-bond acceptors (Lipinski definition) is 6. The molecule has 7 heteroatoms. The van der Waals surface area contributed by atoms with Crippen LogP contribution in [0.3, 0.4) is 0 Å². The van der Waals surface area contributed by atoms with E-state index < -0.39 is 6.10 Å². The number of hydrogen-bond donors (Lipinski definition) is 1. The second-order valence-electron chi connectivity index (χ2n) is 5.82. The summed E-state index contributed by atoms with van der Waals surface area (Å²) in [6, 6.07) is 7.97. The van der Waals surface area contributed by atoms with Crippen LogP contribution in [0.25, 0.3) is 10.2 Å². The summed E-state index contributed by atoms with van der Waals surface area (Å²) < 4.78 is 1.14. The van der Waals surface area contributed by atoms with Crippen LogP contribution in [0.5, 0.6) is 0 Å². The number of likely N-dealkylation sites (N-methyl/N-ethyl adjacent to an activating group) is 1. The summed E-state index contributed by atoms with van der Waals surface area (Å²) >= 11 is 1.63. The number of nitrogens with zero attached hydrogens (tertiary/aromatic N) is 3. The predicted molar refractivity (Wildman–Crippen MR) is 87.9 cm³/mol. The van der Waals surface area contributed by atoms with Crippen LogP contribution in [0, 0.1) is 0 Å². The van der Waals surface area contributed by atoms with Crippen LogP contribution in [-0.4, -0.2) is 57.9 Å². The van der Waals surface area contributed by atoms with Crippen LogP contribution in [0.4, 0.5) is 0 Å². The first-order valence-electron chi connectivity index (χ1n) is 7.57. The second-order valence-corrected chi connectivity index (χ2v) is 6.94. The number of rotatable bonds is 6. The van der Waals surface area contributed by atoms with Gasteiger partial charge in [-0.15, -0.1) is 11.3 Å². The van der Waals surface area contributed by atoms with Gasteiger partial charge < -0.3 is 5.11 Å². The second kappa shape index (κ2) is 6.74. The van der Waals surface area contributed by atoms with E-state index in [0.717, 1.165) is 20.1 Å². The van der Waals surface area contributed by atoms with Gasteiger partial charge in [0, 0.05) is 19.4 Å². The summed E-state index contributed by atoms with van der Waals surface area (Å²) in [5, 5.41) is 11.1. The molecule has 0 unspecified atom stereocenters. The van der Waals surface area contributed by atoms with Gasteiger partial charge in [0.2, 0.25) is 11.8 Å². The van der Waals surface area contributed by atoms with Crippen molar-refractivity contribution >= 4 is 33.4 Å². The van der Waals surface area contributed by atoms with E-state index in [0.29, 0.717) is 13.1 Å². The summed E-state index contributed by atoms with van der Waals surface area (Å²) in [7, 11) is 1.89. The third-order valence-corrected chi connectivity index (χ3v) is 4.84. The molecule has 2 amide bonds. The lowest BCUT2D eigenvalue weighted by Crippen LogP contribution is -2.41. The Bertz CT molecular complexity index is 681. The third-order valence-electron chi connectivity index (χ3n) is 3.81. The van der Waals surface area contributed by atoms with Crippen molar-refractivity contribution in [3.8, 4) is 0 Å². The Morgan fingerprint density at radius 3 is 2.70 bits per heavy atom. The van der Waals surface area contributed by atoms with Gasteiger partial charge in [-0.25, -0.2) is 4.98 Å². The molecule has 122 valence electrons. The zero-order valence-electron chi connectivity index (χ0n) is 12.9. The van der Waals surface area contributed by atoms with Crippen LogP contribution < -0.4 is 0 Å². The first-order chi connectivity index (χ1) is 11.0. The lowest BCUT2D eigenvalue weighted by Gasteiger charge is -2.23. The van der Waals surface area contributed by atoms with Crippen LogP contribution in [-0.2, 0) is 16.1 Å². The molecule has 2 aromatic rings. The van der Waals surface area contributed by atoms with Gasteiger partial charge in [-0.05, 0) is 19.2 Å². The minimum Gasteiger partial charge on any atom is -0.390 e. The van der Waals surface area contributed by atoms with Crippen molar-refractivity contribution in [2.24, 2.45) is 0 Å². The van der Waals surface area contributed by atoms with Gasteiger partial charge in [0.15, 0.2) is 0 Å². The summed E-state index contributed by atoms with van der Waals surface area (Å²) in [5.41, 5.74) is 0.981. The molecule has 2 heterocycles. The molecule has 0 bridgehead atoms. The highest BCUT2D eigenvalue weighted by atomic mass is 32.1. The lowest BCUT2D eigenvalue weighted by atomic mass is 10.3. The molecule has 23 heavy (non-hydrogen) atoms. The fourth-order valence-electron chi connectivity index (χ4n) is 2.74. The number of para-hydroxylation sites is 1. The summed E-state index contributed by atoms with van der Waals surface area (Å²) in [6.45, 7) is 1.08. The molecule has 0 saturated carbocycles. The molecule has 6 nitrogen and oxygen atoms in total. The maximum Gasteiger partial charge on any atom is 0.229 e. The van der Waals surface area contributed by atoms with Crippen molar-refractivity contribution in [1.82, 2.24) is 14.8 Å². The van der Waals surface area contributed by atoms with Crippen molar-refractivity contribution in [3.63, 3.8) is 0 Å². The summed E-state index contributed by atoms with van der Waals surface area (Å²) in [6.07, 6.45) is -0.236. The van der Waals surface area contributed by atoms with Crippen LogP contribution >= 0.6 is 11.3 Å². The number of aromatic nitrogens is 1. The molecule has 1 atom stereocenters. The van der Waals surface area contributed by atoms with Gasteiger partial charge in [0.25, 0.3) is 0 Å². The average molecular weight is 333 g/mol. The van der Waals surface area contributed by atoms with Gasteiger partial charge in [-0.1, -0.05) is 12.1 Å². The highest BCUT2D eigenvalue weighted by Crippen LogP contribution is 2.22. The summed E-state index contributed by atoms with van der Waals surface area (Å²) in [4.78, 5) is 30.8. The highest BCUT2D eigenvalue weighted by molar-refractivity contribution is 7.18. The van der Waals surface area contributed by atoms with Crippen molar-refractivity contribution in [2.45, 2.75) is 25.5 Å². The van der Waals surface area contributed by atoms with Crippen molar-refractivity contribution < 1.29 is 14.7 Å². The molecular weight excluding hydrogens is 314 g/mol. The normalized spacial score (nSPS) is 16.7. The monoisotopic (exact) mass is 333 g/mol. The topological polar surface area (TPSA) is 73.7 Å². The Balaban J connectivity index is 1.55. The zero-order chi connectivity index (χ0) is 16.4. The molecule has 0 radical (unpaired) electrons. The van der Waals surface area contributed by atoms with Gasteiger partial charge in [0.1, 0.15) is 5.01 Å². The third kappa shape index (κ3) is 3.74. The van der Waals surface area contributed by atoms with E-state index in [1.54, 1.807) is 11.3 Å². The van der Waals surface area contributed by atoms with Gasteiger partial charge in [-0.2, -0.15) is 0 Å². The predicted octanol–water partition coefficient (Wildman–Crippen LogP) is 1.24. The van der Waals surface area contributed by atoms with E-state index in [4.69, 9.17) is 0 Å². The first-order valence-corrected chi connectivity index (χ1v) is 8.39. The van der Waals surface area contributed by atoms with Gasteiger partial charge in [-0.3, -0.25) is 19.4 Å². The number of carbonyl (C=O) groups excluding carboxylic acids is 2. The average Bonchev–Trinajstić information content (AvgIpc) is 3.04. The first kappa shape index (κ1) is 16.0. The molecule has 0 aliphatic carbocycles. The fourth-order valence-corrected chi connectivity index (χ4v) is 3.79. The van der Waals surface area contributed by atoms with Gasteiger partial charge >= 0.3 is 0 Å². The Morgan fingerprint density at radius 2 is 2.00 bits per heavy atom. The number of thiazole rings is 1. The molecule has 1 aliphatic heterocycles. The molecule has 1 aromatic carbocycles. The highest BCUT2D eigenvalue weighted by Gasteiger charge is 2.30. The number of likely N-dealkylation sites (tertiary alicyclic amines) is 1. The Labute approximate surface area is 138 Å². The Morgan fingerprint density at radius 1 is 1.30 bits per heavy atom. The van der Waals surface area contributed by atoms with E-state index in [1.165, 1.54) is 0 Å². The van der Waals surface area contributed by atoms with Crippen molar-refractivity contribution in [1.29, 1.82) is 0 Å². The molecule has 3 rings (SSSR count). The van der Waals surface area contributed by atoms with E-state index >= 15 is 0 Å². The van der Waals surface area contributed by atoms with E-state index in [9.17, 15) is 14.7 Å². The zero-order valence-corrected chi connectivity index (χ0v) is 13.8. The Kier molecular flexibility index (Phi) is 4.70. The number of β-amino-alcohol motifs (C(OH)–C–C–N with tert-alkyl or cyclic N) is 1. The lowest BCUT2D eigenvalue weighted by molar-refractivity contribution is -0.140. The van der Waals surface area contributed by atoms with Crippen molar-refractivity contribution in [2.75, 3.05) is 20.1 Å². The van der Waals surface area contributed by atoms with Crippen LogP contribution in [0.1, 0.15) is 17.8 Å². The Hall–Kier alpha value is -1.83. The maximum absolute atomic E-state index is 11.6. The number of amides is 2. The molecule has 1 saturated heterocycles. The van der Waals surface area contributed by atoms with Gasteiger partial charge in [0.05, 0.1) is 29.4 Å². The van der Waals surface area contributed by atoms with E-state index in [-0.39, 0.29) is 31.2 Å². The molecule has 0 spiro atoms. The number of benzene rings is 1. The number of imide groups is 1. The molecule has 1 aliphatic rings. The van der Waals surface area contributed by atoms with Crippen molar-refractivity contribution in [3.05, 3.63) is 29.3 Å². The number of aliphatic hydroxyl groups excluding tert-OH is 1. The largest absolute Gasteiger partial charge is 0.390 e. The number of fused-ring (bicyclic) bond motifs is 1. The van der Waals surface area contributed by atoms with Crippen LogP contribution in [0.2, 0.25) is 0 Å². The standard InChI is InChI=1S/C16H19N3O3S/c1-18(8-11(20)9-19-15(21)6-7-16(19)22)10-14-17-12-4-2-3-5-13(12)23-14/h2-5,11,20H,6-10H2,1H3/t11-/m1/s1. The van der Waals surface area contributed by atoms with E-state index in [1.807, 2.05) is 36.2 Å².